The molecule has 2 amide bonds. The lowest BCUT2D eigenvalue weighted by molar-refractivity contribution is -0.132. The minimum atomic E-state index is -0.586. The van der Waals surface area contributed by atoms with Gasteiger partial charge in [-0.15, -0.1) is 0 Å². The van der Waals surface area contributed by atoms with Gasteiger partial charge in [0.05, 0.1) is 29.0 Å². The first kappa shape index (κ1) is 30.7. The average Bonchev–Trinajstić information content (AvgIpc) is 3.52. The van der Waals surface area contributed by atoms with Crippen molar-refractivity contribution in [3.05, 3.63) is 83.9 Å². The highest BCUT2D eigenvalue weighted by molar-refractivity contribution is 6.32. The Morgan fingerprint density at radius 3 is 2.73 bits per heavy atom. The first-order valence-corrected chi connectivity index (χ1v) is 14.5. The number of fused-ring (bicyclic) bond motifs is 1. The van der Waals surface area contributed by atoms with Gasteiger partial charge in [0.15, 0.2) is 0 Å². The second-order valence-corrected chi connectivity index (χ2v) is 10.9. The predicted octanol–water partition coefficient (Wildman–Crippen LogP) is 5.06. The normalized spacial score (nSPS) is 14.8. The van der Waals surface area contributed by atoms with Gasteiger partial charge in [-0.25, -0.2) is 9.97 Å². The van der Waals surface area contributed by atoms with Crippen LogP contribution in [0.5, 0.6) is 11.5 Å². The summed E-state index contributed by atoms with van der Waals surface area (Å²) in [6, 6.07) is 13.9. The Bertz CT molecular complexity index is 1670. The lowest BCUT2D eigenvalue weighted by atomic mass is 10.1. The van der Waals surface area contributed by atoms with Gasteiger partial charge in [-0.3, -0.25) is 14.6 Å². The number of anilines is 3. The smallest absolute Gasteiger partial charge is 0.247 e. The van der Waals surface area contributed by atoms with Crippen molar-refractivity contribution in [1.29, 1.82) is 0 Å². The summed E-state index contributed by atoms with van der Waals surface area (Å²) in [6.07, 6.45) is 7.81. The van der Waals surface area contributed by atoms with E-state index in [4.69, 9.17) is 21.1 Å². The molecule has 1 aliphatic heterocycles. The van der Waals surface area contributed by atoms with Crippen LogP contribution in [0.15, 0.2) is 73.2 Å². The second kappa shape index (κ2) is 14.2. The maximum Gasteiger partial charge on any atom is 0.247 e. The summed E-state index contributed by atoms with van der Waals surface area (Å²) in [4.78, 5) is 42.9. The van der Waals surface area contributed by atoms with Gasteiger partial charge in [0.2, 0.25) is 11.8 Å². The van der Waals surface area contributed by atoms with Gasteiger partial charge in [-0.1, -0.05) is 23.7 Å². The highest BCUT2D eigenvalue weighted by Gasteiger charge is 2.33. The first-order valence-electron chi connectivity index (χ1n) is 14.2. The van der Waals surface area contributed by atoms with E-state index >= 15 is 0 Å². The zero-order chi connectivity index (χ0) is 31.1. The number of nitrogens with zero attached hydrogens (tertiary/aromatic N) is 5. The van der Waals surface area contributed by atoms with Crippen LogP contribution in [0.3, 0.4) is 0 Å². The topological polar surface area (TPSA) is 122 Å². The van der Waals surface area contributed by atoms with Crippen molar-refractivity contribution in [3.8, 4) is 11.5 Å². The van der Waals surface area contributed by atoms with Crippen molar-refractivity contribution < 1.29 is 19.1 Å². The molecule has 0 unspecified atom stereocenters. The molecule has 44 heavy (non-hydrogen) atoms. The molecule has 228 valence electrons. The third-order valence-corrected chi connectivity index (χ3v) is 7.38. The van der Waals surface area contributed by atoms with Gasteiger partial charge in [0.25, 0.3) is 0 Å². The van der Waals surface area contributed by atoms with Crippen LogP contribution in [0.4, 0.5) is 17.2 Å². The SMILES string of the molecule is COc1cc2ncnc(Nc3ccc(OCc4ccccn4)c(Cl)c3)c2cc1NC(=O)[C@@H]1CCCN1C(=O)C=CCN(C)C. The third-order valence-electron chi connectivity index (χ3n) is 7.08. The van der Waals surface area contributed by atoms with Crippen LogP contribution in [0.25, 0.3) is 10.9 Å². The molecule has 4 aromatic rings. The zero-order valence-electron chi connectivity index (χ0n) is 24.8. The number of likely N-dealkylation sites (tertiary alicyclic amines) is 1. The Morgan fingerprint density at radius 2 is 1.98 bits per heavy atom. The van der Waals surface area contributed by atoms with Crippen LogP contribution in [-0.4, -0.2) is 76.9 Å². The van der Waals surface area contributed by atoms with Crippen molar-refractivity contribution in [2.24, 2.45) is 0 Å². The van der Waals surface area contributed by atoms with E-state index in [-0.39, 0.29) is 11.8 Å². The largest absolute Gasteiger partial charge is 0.494 e. The van der Waals surface area contributed by atoms with Gasteiger partial charge < -0.3 is 29.9 Å². The average molecular weight is 616 g/mol. The molecule has 0 aliphatic carbocycles. The van der Waals surface area contributed by atoms with Crippen molar-refractivity contribution in [2.75, 3.05) is 44.9 Å². The molecule has 11 nitrogen and oxygen atoms in total. The summed E-state index contributed by atoms with van der Waals surface area (Å²) in [5, 5.41) is 7.34. The Kier molecular flexibility index (Phi) is 9.88. The molecule has 2 N–H and O–H groups in total. The van der Waals surface area contributed by atoms with Crippen molar-refractivity contribution in [3.63, 3.8) is 0 Å². The Balaban J connectivity index is 1.33. The molecule has 0 bridgehead atoms. The van der Waals surface area contributed by atoms with Gasteiger partial charge in [0, 0.05) is 42.5 Å². The van der Waals surface area contributed by atoms with E-state index in [0.717, 1.165) is 12.1 Å². The number of halogens is 1. The van der Waals surface area contributed by atoms with E-state index < -0.39 is 6.04 Å². The number of hydrogen-bond donors (Lipinski definition) is 2. The lowest BCUT2D eigenvalue weighted by Gasteiger charge is -2.23. The number of rotatable bonds is 11. The maximum absolute atomic E-state index is 13.4. The Hall–Kier alpha value is -4.74. The highest BCUT2D eigenvalue weighted by Crippen LogP contribution is 2.35. The van der Waals surface area contributed by atoms with Crippen molar-refractivity contribution >= 4 is 51.5 Å². The number of amides is 2. The number of ether oxygens (including phenoxy) is 2. The van der Waals surface area contributed by atoms with E-state index in [2.05, 4.69) is 25.6 Å². The molecule has 1 saturated heterocycles. The van der Waals surface area contributed by atoms with Crippen LogP contribution in [0.1, 0.15) is 18.5 Å². The molecule has 1 fully saturated rings. The Labute approximate surface area is 260 Å². The molecule has 2 aromatic heterocycles. The summed E-state index contributed by atoms with van der Waals surface area (Å²) in [5.41, 5.74) is 2.54. The molecule has 5 rings (SSSR count). The number of aromatic nitrogens is 3. The van der Waals surface area contributed by atoms with Crippen molar-refractivity contribution in [2.45, 2.75) is 25.5 Å². The molecule has 1 aliphatic rings. The summed E-state index contributed by atoms with van der Waals surface area (Å²) < 4.78 is 11.4. The summed E-state index contributed by atoms with van der Waals surface area (Å²) in [5.74, 6) is 1.01. The molecule has 12 heteroatoms. The third kappa shape index (κ3) is 7.42. The number of carbonyl (C=O) groups excluding carboxylic acids is 2. The number of likely N-dealkylation sites (N-methyl/N-ethyl adjacent to an activating group) is 1. The van der Waals surface area contributed by atoms with E-state index in [9.17, 15) is 9.59 Å². The van der Waals surface area contributed by atoms with Crippen molar-refractivity contribution in [1.82, 2.24) is 24.8 Å². The second-order valence-electron chi connectivity index (χ2n) is 10.5. The van der Waals surface area contributed by atoms with Crippen LogP contribution < -0.4 is 20.1 Å². The van der Waals surface area contributed by atoms with Gasteiger partial charge in [-0.05, 0) is 63.3 Å². The minimum Gasteiger partial charge on any atom is -0.494 e. The fourth-order valence-corrected chi connectivity index (χ4v) is 5.13. The predicted molar refractivity (Wildman–Crippen MR) is 170 cm³/mol. The fraction of sp³-hybridized carbons (Fsp3) is 0.281. The van der Waals surface area contributed by atoms with Crippen LogP contribution in [-0.2, 0) is 16.2 Å². The fourth-order valence-electron chi connectivity index (χ4n) is 4.90. The van der Waals surface area contributed by atoms with Gasteiger partial charge in [0.1, 0.15) is 36.3 Å². The van der Waals surface area contributed by atoms with E-state index in [1.807, 2.05) is 43.3 Å². The molecule has 1 atom stereocenters. The number of nitrogens with one attached hydrogen (secondary N) is 2. The summed E-state index contributed by atoms with van der Waals surface area (Å²) in [7, 11) is 5.38. The first-order chi connectivity index (χ1) is 21.3. The zero-order valence-corrected chi connectivity index (χ0v) is 25.5. The monoisotopic (exact) mass is 615 g/mol. The number of carbonyl (C=O) groups is 2. The van der Waals surface area contributed by atoms with E-state index in [1.165, 1.54) is 19.5 Å². The maximum atomic E-state index is 13.4. The van der Waals surface area contributed by atoms with E-state index in [0.29, 0.717) is 70.7 Å². The number of hydrogen-bond acceptors (Lipinski definition) is 9. The molecule has 0 spiro atoms. The quantitative estimate of drug-likeness (QED) is 0.223. The molecule has 2 aromatic carbocycles. The Morgan fingerprint density at radius 1 is 1.11 bits per heavy atom. The summed E-state index contributed by atoms with van der Waals surface area (Å²) >= 11 is 6.52. The molecule has 0 radical (unpaired) electrons. The number of methoxy groups -OCH3 is 1. The molecular weight excluding hydrogens is 582 g/mol. The van der Waals surface area contributed by atoms with Crippen LogP contribution in [0.2, 0.25) is 5.02 Å². The standard InChI is InChI=1S/C32H34ClN7O4/c1-39(2)14-7-10-30(41)40-15-6-9-27(40)32(42)38-26-17-23-25(18-29(26)43-3)35-20-36-31(23)37-21-11-12-28(24(33)16-21)44-19-22-8-4-5-13-34-22/h4-5,7-8,10-13,16-18,20,27H,6,9,14-15,19H2,1-3H3,(H,38,42)(H,35,36,37)/t27-/m0/s1. The number of benzene rings is 2. The number of pyridine rings is 1. The molecular formula is C32H34ClN7O4. The lowest BCUT2D eigenvalue weighted by Crippen LogP contribution is -2.42. The van der Waals surface area contributed by atoms with E-state index in [1.54, 1.807) is 41.4 Å². The highest BCUT2D eigenvalue weighted by atomic mass is 35.5. The van der Waals surface area contributed by atoms with Crippen LogP contribution in [0, 0.1) is 0 Å². The minimum absolute atomic E-state index is 0.179. The molecule has 0 saturated carbocycles. The van der Waals surface area contributed by atoms with Gasteiger partial charge >= 0.3 is 0 Å². The summed E-state index contributed by atoms with van der Waals surface area (Å²) in [6.45, 7) is 1.45. The molecule has 3 heterocycles. The van der Waals surface area contributed by atoms with Gasteiger partial charge in [-0.2, -0.15) is 0 Å². The van der Waals surface area contributed by atoms with Crippen LogP contribution >= 0.6 is 11.6 Å².